The van der Waals surface area contributed by atoms with Gasteiger partial charge in [-0.1, -0.05) is 0 Å². The van der Waals surface area contributed by atoms with Crippen LogP contribution in [0.25, 0.3) is 0 Å². The first-order valence-electron chi connectivity index (χ1n) is 0.949. The number of hydrogen-bond acceptors (Lipinski definition) is 2. The van der Waals surface area contributed by atoms with E-state index in [2.05, 4.69) is 0 Å². The summed E-state index contributed by atoms with van der Waals surface area (Å²) in [6.07, 6.45) is 0. The minimum absolute atomic E-state index is 0. The fourth-order valence-corrected chi connectivity index (χ4v) is 0. The first-order chi connectivity index (χ1) is 3.00. The van der Waals surface area contributed by atoms with E-state index in [-0.39, 0.29) is 20.3 Å². The maximum absolute atomic E-state index is 8.88. The summed E-state index contributed by atoms with van der Waals surface area (Å²) < 4.78 is 17.2. The molecule has 0 aromatic carbocycles. The summed E-state index contributed by atoms with van der Waals surface area (Å²) >= 11 is 0.333. The van der Waals surface area contributed by atoms with Gasteiger partial charge in [-0.15, -0.1) is 0 Å². The van der Waals surface area contributed by atoms with Gasteiger partial charge < -0.3 is 16.1 Å². The molecule has 46 valence electrons. The van der Waals surface area contributed by atoms with Gasteiger partial charge >= 0.3 is 49.9 Å². The fourth-order valence-electron chi connectivity index (χ4n) is 0. The summed E-state index contributed by atoms with van der Waals surface area (Å²) in [6.45, 7) is 0. The zero-order valence-corrected chi connectivity index (χ0v) is 7.84. The van der Waals surface area contributed by atoms with Gasteiger partial charge in [-0.2, -0.15) is 0 Å². The monoisotopic (exact) mass is 306 g/mol. The predicted molar refractivity (Wildman–Crippen MR) is 16.1 cm³/mol. The van der Waals surface area contributed by atoms with Crippen molar-refractivity contribution in [3.05, 3.63) is 0 Å². The Morgan fingerprint density at radius 2 is 1.25 bits per heavy atom. The molecule has 0 unspecified atom stereocenters. The molecule has 0 bridgehead atoms. The third kappa shape index (κ3) is 193. The molecule has 0 aliphatic rings. The van der Waals surface area contributed by atoms with Gasteiger partial charge in [0.15, 0.2) is 0 Å². The molecule has 0 fully saturated rings. The summed E-state index contributed by atoms with van der Waals surface area (Å²) in [5.74, 6) is 0. The molecule has 5 nitrogen and oxygen atoms in total. The Balaban J connectivity index is -0.0000000286. The van der Waals surface area contributed by atoms with Crippen molar-refractivity contribution in [3.63, 3.8) is 0 Å². The average molecular weight is 306 g/mol. The van der Waals surface area contributed by atoms with E-state index < -0.39 is 7.82 Å². The second-order valence-electron chi connectivity index (χ2n) is 0.513. The van der Waals surface area contributed by atoms with Crippen LogP contribution in [0.4, 0.5) is 0 Å². The van der Waals surface area contributed by atoms with E-state index in [0.29, 0.717) is 19.8 Å². The second-order valence-corrected chi connectivity index (χ2v) is 1.54. The van der Waals surface area contributed by atoms with E-state index in [0.717, 1.165) is 0 Å². The van der Waals surface area contributed by atoms with Crippen LogP contribution in [-0.2, 0) is 27.7 Å². The van der Waals surface area contributed by atoms with Crippen LogP contribution in [0.3, 0.4) is 0 Å². The van der Waals surface area contributed by atoms with Crippen molar-refractivity contribution in [2.75, 3.05) is 0 Å². The summed E-state index contributed by atoms with van der Waals surface area (Å²) in [5.41, 5.74) is 0. The van der Waals surface area contributed by atoms with Crippen LogP contribution in [0, 0.1) is 0 Å². The van der Waals surface area contributed by atoms with Crippen LogP contribution in [0.2, 0.25) is 0 Å². The van der Waals surface area contributed by atoms with E-state index in [4.69, 9.17) is 22.6 Å². The molecular weight excluding hydrogens is 302 g/mol. The van der Waals surface area contributed by atoms with Crippen molar-refractivity contribution in [2.45, 2.75) is 0 Å². The molecule has 0 aliphatic heterocycles. The molecule has 0 aliphatic carbocycles. The molecule has 0 aromatic heterocycles. The fraction of sp³-hybridized carbons (Fsp3) is 0. The van der Waals surface area contributed by atoms with Crippen LogP contribution in [0.1, 0.15) is 1.43 Å². The SMILES string of the molecule is O=P(O)(O)O.[H-].[Li+].[O]=[W]. The summed E-state index contributed by atoms with van der Waals surface area (Å²) in [7, 11) is -4.64. The molecule has 0 radical (unpaired) electrons. The van der Waals surface area contributed by atoms with Gasteiger partial charge in [-0.05, 0) is 0 Å². The van der Waals surface area contributed by atoms with E-state index in [1.165, 1.54) is 0 Å². The summed E-state index contributed by atoms with van der Waals surface area (Å²) in [5, 5.41) is 0. The molecule has 0 saturated carbocycles. The topological polar surface area (TPSA) is 94.8 Å². The average Bonchev–Trinajstić information content (AvgIpc) is 1.36. The number of phosphoric acid groups is 1. The number of hydrogen-bond donors (Lipinski definition) is 3. The van der Waals surface area contributed by atoms with Crippen LogP contribution in [-0.4, -0.2) is 14.7 Å². The normalized spacial score (nSPS) is 7.88. The Bertz CT molecular complexity index is 72.8. The molecule has 0 amide bonds. The van der Waals surface area contributed by atoms with Gasteiger partial charge in [-0.25, -0.2) is 4.57 Å². The Labute approximate surface area is 70.6 Å². The Kier molecular flexibility index (Phi) is 16.5. The van der Waals surface area contributed by atoms with E-state index in [9.17, 15) is 0 Å². The van der Waals surface area contributed by atoms with Crippen molar-refractivity contribution < 1.29 is 62.7 Å². The Hall–Kier alpha value is 1.20. The molecule has 3 N–H and O–H groups in total. The van der Waals surface area contributed by atoms with Gasteiger partial charge in [0.1, 0.15) is 0 Å². The van der Waals surface area contributed by atoms with E-state index >= 15 is 0 Å². The molecule has 8 heteroatoms. The molecule has 0 aromatic rings. The van der Waals surface area contributed by atoms with Gasteiger partial charge in [0.05, 0.1) is 0 Å². The van der Waals surface area contributed by atoms with Gasteiger partial charge in [0.25, 0.3) is 0 Å². The Morgan fingerprint density at radius 3 is 1.25 bits per heavy atom. The van der Waals surface area contributed by atoms with Crippen molar-refractivity contribution in [3.8, 4) is 0 Å². The maximum atomic E-state index is 8.88. The van der Waals surface area contributed by atoms with Crippen molar-refractivity contribution in [2.24, 2.45) is 0 Å². The van der Waals surface area contributed by atoms with Crippen molar-refractivity contribution in [1.29, 1.82) is 0 Å². The summed E-state index contributed by atoms with van der Waals surface area (Å²) in [4.78, 5) is 21.6. The molecular formula is H4LiO5PW. The molecule has 8 heavy (non-hydrogen) atoms. The van der Waals surface area contributed by atoms with Crippen molar-refractivity contribution in [1.82, 2.24) is 0 Å². The molecule has 0 saturated heterocycles. The quantitative estimate of drug-likeness (QED) is 0.314. The first-order valence-corrected chi connectivity index (χ1v) is 3.71. The molecule has 0 rings (SSSR count). The third-order valence-electron chi connectivity index (χ3n) is 0. The van der Waals surface area contributed by atoms with Gasteiger partial charge in [0.2, 0.25) is 0 Å². The standard InChI is InChI=1S/Li.H3O4P.O.W.H/c;1-5(2,3)4;;;/h;(H3,1,2,3,4);;;/q+1;;;;-1. The second kappa shape index (κ2) is 8.20. The van der Waals surface area contributed by atoms with Gasteiger partial charge in [0, 0.05) is 0 Å². The molecule has 0 spiro atoms. The Morgan fingerprint density at radius 1 is 1.25 bits per heavy atom. The van der Waals surface area contributed by atoms with Crippen LogP contribution in [0.5, 0.6) is 0 Å². The molecule has 0 atom stereocenters. The predicted octanol–water partition coefficient (Wildman–Crippen LogP) is -3.93. The van der Waals surface area contributed by atoms with Crippen LogP contribution in [0.15, 0.2) is 0 Å². The van der Waals surface area contributed by atoms with Crippen LogP contribution < -0.4 is 18.9 Å². The van der Waals surface area contributed by atoms with Crippen molar-refractivity contribution >= 4 is 7.82 Å². The zero-order valence-electron chi connectivity index (χ0n) is 5.01. The zero-order chi connectivity index (χ0) is 6.50. The van der Waals surface area contributed by atoms with E-state index in [1.54, 1.807) is 0 Å². The first kappa shape index (κ1) is 16.1. The van der Waals surface area contributed by atoms with Gasteiger partial charge in [-0.3, -0.25) is 0 Å². The minimum atomic E-state index is -4.64. The molecule has 0 heterocycles. The number of rotatable bonds is 0. The summed E-state index contributed by atoms with van der Waals surface area (Å²) in [6, 6.07) is 0. The third-order valence-corrected chi connectivity index (χ3v) is 0. The van der Waals surface area contributed by atoms with E-state index in [1.807, 2.05) is 0 Å². The van der Waals surface area contributed by atoms with Crippen LogP contribution >= 0.6 is 7.82 Å².